The van der Waals surface area contributed by atoms with Gasteiger partial charge >= 0.3 is 0 Å². The molecule has 0 amide bonds. The molecule has 0 aliphatic heterocycles. The Morgan fingerprint density at radius 3 is 2.19 bits per heavy atom. The predicted octanol–water partition coefficient (Wildman–Crippen LogP) is 4.90. The van der Waals surface area contributed by atoms with Gasteiger partial charge in [-0.25, -0.2) is 0 Å². The fourth-order valence-corrected chi connectivity index (χ4v) is 2.90. The number of ether oxygens (including phenoxy) is 1. The molecule has 0 heterocycles. The van der Waals surface area contributed by atoms with E-state index in [1.165, 1.54) is 5.56 Å². The molecule has 0 bridgehead atoms. The first-order chi connectivity index (χ1) is 10.1. The zero-order chi connectivity index (χ0) is 15.2. The second kappa shape index (κ2) is 7.69. The van der Waals surface area contributed by atoms with Gasteiger partial charge in [0, 0.05) is 16.1 Å². The predicted molar refractivity (Wildman–Crippen MR) is 89.6 cm³/mol. The first-order valence-electron chi connectivity index (χ1n) is 6.88. The van der Waals surface area contributed by atoms with Crippen LogP contribution in [0.1, 0.15) is 23.6 Å². The first-order valence-corrected chi connectivity index (χ1v) is 7.64. The number of nitrogens with one attached hydrogen (secondary N) is 1. The molecule has 2 aromatic carbocycles. The van der Waals surface area contributed by atoms with Gasteiger partial charge in [0.15, 0.2) is 0 Å². The number of methoxy groups -OCH3 is 1. The lowest BCUT2D eigenvalue weighted by molar-refractivity contribution is 0.414. The van der Waals surface area contributed by atoms with Crippen LogP contribution in [0.3, 0.4) is 0 Å². The normalized spacial score (nSPS) is 12.2. The zero-order valence-electron chi connectivity index (χ0n) is 12.2. The van der Waals surface area contributed by atoms with E-state index in [-0.39, 0.29) is 6.04 Å². The summed E-state index contributed by atoms with van der Waals surface area (Å²) in [5.74, 6) is 0.880. The molecule has 0 saturated heterocycles. The van der Waals surface area contributed by atoms with E-state index in [2.05, 4.69) is 17.4 Å². The Hall–Kier alpha value is -1.22. The summed E-state index contributed by atoms with van der Waals surface area (Å²) in [6.07, 6.45) is 1.94. The fourth-order valence-electron chi connectivity index (χ4n) is 2.36. The summed E-state index contributed by atoms with van der Waals surface area (Å²) in [6, 6.07) is 14.1. The molecule has 0 spiro atoms. The lowest BCUT2D eigenvalue weighted by Gasteiger charge is -2.17. The monoisotopic (exact) mass is 323 g/mol. The zero-order valence-corrected chi connectivity index (χ0v) is 13.7. The van der Waals surface area contributed by atoms with Gasteiger partial charge in [-0.05, 0) is 61.3 Å². The van der Waals surface area contributed by atoms with Gasteiger partial charge in [0.2, 0.25) is 0 Å². The molecule has 0 fully saturated rings. The van der Waals surface area contributed by atoms with Crippen LogP contribution in [0.2, 0.25) is 10.0 Å². The van der Waals surface area contributed by atoms with Gasteiger partial charge in [-0.1, -0.05) is 35.3 Å². The van der Waals surface area contributed by atoms with Gasteiger partial charge in [0.1, 0.15) is 5.75 Å². The van der Waals surface area contributed by atoms with Gasteiger partial charge in [-0.2, -0.15) is 0 Å². The Labute approximate surface area is 136 Å². The Morgan fingerprint density at radius 1 is 1.05 bits per heavy atom. The number of hydrogen-bond donors (Lipinski definition) is 1. The standard InChI is InChI=1S/C17H19Cl2NO/c1-20-17(13-9-14(18)11-15(19)10-13)8-5-12-3-6-16(21-2)7-4-12/h3-4,6-7,9-11,17,20H,5,8H2,1-2H3. The second-order valence-electron chi connectivity index (χ2n) is 4.93. The van der Waals surface area contributed by atoms with Gasteiger partial charge in [-0.15, -0.1) is 0 Å². The molecule has 4 heteroatoms. The molecule has 2 nitrogen and oxygen atoms in total. The Morgan fingerprint density at radius 2 is 1.67 bits per heavy atom. The van der Waals surface area contributed by atoms with Crippen LogP contribution in [0.4, 0.5) is 0 Å². The van der Waals surface area contributed by atoms with Crippen molar-refractivity contribution in [1.82, 2.24) is 5.32 Å². The summed E-state index contributed by atoms with van der Waals surface area (Å²) in [5.41, 5.74) is 2.40. The molecule has 0 saturated carbocycles. The average molecular weight is 324 g/mol. The van der Waals surface area contributed by atoms with E-state index in [1.54, 1.807) is 13.2 Å². The van der Waals surface area contributed by atoms with E-state index in [9.17, 15) is 0 Å². The average Bonchev–Trinajstić information content (AvgIpc) is 2.47. The molecular weight excluding hydrogens is 305 g/mol. The summed E-state index contributed by atoms with van der Waals surface area (Å²) < 4.78 is 5.17. The van der Waals surface area contributed by atoms with E-state index in [0.29, 0.717) is 10.0 Å². The van der Waals surface area contributed by atoms with Gasteiger partial charge in [-0.3, -0.25) is 0 Å². The Bertz CT molecular complexity index is 564. The molecule has 0 aromatic heterocycles. The first kappa shape index (κ1) is 16.2. The second-order valence-corrected chi connectivity index (χ2v) is 5.80. The fraction of sp³-hybridized carbons (Fsp3) is 0.294. The highest BCUT2D eigenvalue weighted by atomic mass is 35.5. The van der Waals surface area contributed by atoms with Crippen molar-refractivity contribution < 1.29 is 4.74 Å². The topological polar surface area (TPSA) is 21.3 Å². The molecule has 0 radical (unpaired) electrons. The number of halogens is 2. The molecular formula is C17H19Cl2NO. The van der Waals surface area contributed by atoms with Crippen LogP contribution >= 0.6 is 23.2 Å². The van der Waals surface area contributed by atoms with Crippen LogP contribution in [0.5, 0.6) is 5.75 Å². The maximum atomic E-state index is 6.08. The molecule has 2 rings (SSSR count). The minimum atomic E-state index is 0.225. The molecule has 0 aliphatic carbocycles. The smallest absolute Gasteiger partial charge is 0.118 e. The van der Waals surface area contributed by atoms with E-state index in [4.69, 9.17) is 27.9 Å². The van der Waals surface area contributed by atoms with Crippen molar-refractivity contribution in [3.63, 3.8) is 0 Å². The van der Waals surface area contributed by atoms with Gasteiger partial charge in [0.05, 0.1) is 7.11 Å². The van der Waals surface area contributed by atoms with Crippen LogP contribution in [0.15, 0.2) is 42.5 Å². The van der Waals surface area contributed by atoms with Crippen molar-refractivity contribution in [3.8, 4) is 5.75 Å². The third-order valence-electron chi connectivity index (χ3n) is 3.52. The summed E-state index contributed by atoms with van der Waals surface area (Å²) in [4.78, 5) is 0. The van der Waals surface area contributed by atoms with Crippen molar-refractivity contribution in [3.05, 3.63) is 63.6 Å². The number of rotatable bonds is 6. The van der Waals surface area contributed by atoms with Crippen molar-refractivity contribution >= 4 is 23.2 Å². The SMILES string of the molecule is CNC(CCc1ccc(OC)cc1)c1cc(Cl)cc(Cl)c1. The quantitative estimate of drug-likeness (QED) is 0.816. The highest BCUT2D eigenvalue weighted by Gasteiger charge is 2.11. The molecule has 21 heavy (non-hydrogen) atoms. The van der Waals surface area contributed by atoms with Crippen LogP contribution < -0.4 is 10.1 Å². The number of hydrogen-bond acceptors (Lipinski definition) is 2. The maximum Gasteiger partial charge on any atom is 0.118 e. The minimum absolute atomic E-state index is 0.225. The molecule has 2 aromatic rings. The summed E-state index contributed by atoms with van der Waals surface area (Å²) in [5, 5.41) is 4.66. The van der Waals surface area contributed by atoms with Crippen LogP contribution in [0, 0.1) is 0 Å². The van der Waals surface area contributed by atoms with Crippen molar-refractivity contribution in [1.29, 1.82) is 0 Å². The van der Waals surface area contributed by atoms with E-state index >= 15 is 0 Å². The Kier molecular flexibility index (Phi) is 5.92. The van der Waals surface area contributed by atoms with Gasteiger partial charge in [0.25, 0.3) is 0 Å². The van der Waals surface area contributed by atoms with E-state index in [0.717, 1.165) is 24.2 Å². The van der Waals surface area contributed by atoms with Crippen LogP contribution in [0.25, 0.3) is 0 Å². The molecule has 1 N–H and O–H groups in total. The lowest BCUT2D eigenvalue weighted by atomic mass is 9.99. The lowest BCUT2D eigenvalue weighted by Crippen LogP contribution is -2.17. The van der Waals surface area contributed by atoms with Crippen LogP contribution in [-0.2, 0) is 6.42 Å². The van der Waals surface area contributed by atoms with Gasteiger partial charge < -0.3 is 10.1 Å². The highest BCUT2D eigenvalue weighted by Crippen LogP contribution is 2.26. The molecule has 1 atom stereocenters. The van der Waals surface area contributed by atoms with Crippen molar-refractivity contribution in [2.24, 2.45) is 0 Å². The summed E-state index contributed by atoms with van der Waals surface area (Å²) in [7, 11) is 3.63. The maximum absolute atomic E-state index is 6.08. The van der Waals surface area contributed by atoms with E-state index in [1.807, 2.05) is 31.3 Å². The Balaban J connectivity index is 2.04. The summed E-state index contributed by atoms with van der Waals surface area (Å²) in [6.45, 7) is 0. The third-order valence-corrected chi connectivity index (χ3v) is 3.95. The van der Waals surface area contributed by atoms with E-state index < -0.39 is 0 Å². The molecule has 112 valence electrons. The van der Waals surface area contributed by atoms with Crippen molar-refractivity contribution in [2.45, 2.75) is 18.9 Å². The third kappa shape index (κ3) is 4.63. The molecule has 1 unspecified atom stereocenters. The van der Waals surface area contributed by atoms with Crippen molar-refractivity contribution in [2.75, 3.05) is 14.2 Å². The number of benzene rings is 2. The van der Waals surface area contributed by atoms with Crippen LogP contribution in [-0.4, -0.2) is 14.2 Å². The number of aryl methyl sites for hydroxylation is 1. The molecule has 0 aliphatic rings. The summed E-state index contributed by atoms with van der Waals surface area (Å²) >= 11 is 12.2. The largest absolute Gasteiger partial charge is 0.497 e. The highest BCUT2D eigenvalue weighted by molar-refractivity contribution is 6.34. The minimum Gasteiger partial charge on any atom is -0.497 e.